The lowest BCUT2D eigenvalue weighted by atomic mass is 9.97. The van der Waals surface area contributed by atoms with Crippen molar-refractivity contribution in [3.8, 4) is 0 Å². The second-order valence-electron chi connectivity index (χ2n) is 5.41. The van der Waals surface area contributed by atoms with Crippen LogP contribution in [0.5, 0.6) is 0 Å². The minimum Gasteiger partial charge on any atom is -0.341 e. The molecule has 1 amide bonds. The predicted octanol–water partition coefficient (Wildman–Crippen LogP) is 0.0217. The van der Waals surface area contributed by atoms with Crippen molar-refractivity contribution in [1.29, 1.82) is 0 Å². The van der Waals surface area contributed by atoms with Gasteiger partial charge in [0.25, 0.3) is 0 Å². The molecule has 0 spiro atoms. The first-order chi connectivity index (χ1) is 9.76. The number of aromatic nitrogens is 2. The van der Waals surface area contributed by atoms with E-state index in [1.54, 1.807) is 18.7 Å². The van der Waals surface area contributed by atoms with Crippen LogP contribution in [0.3, 0.4) is 0 Å². The summed E-state index contributed by atoms with van der Waals surface area (Å²) in [6.45, 7) is 4.37. The highest BCUT2D eigenvalue weighted by molar-refractivity contribution is 7.88. The summed E-state index contributed by atoms with van der Waals surface area (Å²) >= 11 is 0. The number of rotatable bonds is 4. The minimum absolute atomic E-state index is 0.00864. The molecule has 0 aromatic carbocycles. The molecule has 0 saturated carbocycles. The number of aryl methyl sites for hydroxylation is 1. The first kappa shape index (κ1) is 15.9. The molecule has 2 heterocycles. The highest BCUT2D eigenvalue weighted by Gasteiger charge is 2.31. The molecule has 0 radical (unpaired) electrons. The van der Waals surface area contributed by atoms with Crippen LogP contribution in [0.15, 0.2) is 4.52 Å². The predicted molar refractivity (Wildman–Crippen MR) is 75.0 cm³/mol. The number of hydrogen-bond acceptors (Lipinski definition) is 6. The summed E-state index contributed by atoms with van der Waals surface area (Å²) in [5.74, 6) is 0.880. The molecule has 1 aromatic rings. The Kier molecular flexibility index (Phi) is 4.62. The Bertz CT molecular complexity index is 613. The van der Waals surface area contributed by atoms with Crippen LogP contribution in [0.2, 0.25) is 0 Å². The molecule has 2 unspecified atom stereocenters. The number of nitrogens with one attached hydrogen (secondary N) is 1. The fraction of sp³-hybridized carbons (Fsp3) is 0.750. The Labute approximate surface area is 123 Å². The van der Waals surface area contributed by atoms with E-state index in [-0.39, 0.29) is 11.8 Å². The Hall–Kier alpha value is -1.48. The van der Waals surface area contributed by atoms with E-state index in [1.165, 1.54) is 0 Å². The van der Waals surface area contributed by atoms with Crippen molar-refractivity contribution < 1.29 is 17.7 Å². The molecule has 1 saturated heterocycles. The Balaban J connectivity index is 2.02. The van der Waals surface area contributed by atoms with E-state index < -0.39 is 16.1 Å². The summed E-state index contributed by atoms with van der Waals surface area (Å²) in [5, 5.41) is 3.76. The van der Waals surface area contributed by atoms with E-state index in [9.17, 15) is 13.2 Å². The van der Waals surface area contributed by atoms with Gasteiger partial charge in [0.2, 0.25) is 21.8 Å². The first-order valence-electron chi connectivity index (χ1n) is 6.82. The van der Waals surface area contributed by atoms with E-state index in [1.807, 2.05) is 0 Å². The van der Waals surface area contributed by atoms with Crippen molar-refractivity contribution in [3.63, 3.8) is 0 Å². The molecule has 118 valence electrons. The average Bonchev–Trinajstić information content (AvgIpc) is 2.83. The maximum absolute atomic E-state index is 12.3. The molecule has 1 fully saturated rings. The van der Waals surface area contributed by atoms with Gasteiger partial charge in [0.05, 0.1) is 18.2 Å². The molecule has 21 heavy (non-hydrogen) atoms. The second kappa shape index (κ2) is 6.10. The summed E-state index contributed by atoms with van der Waals surface area (Å²) < 4.78 is 29.9. The third-order valence-corrected chi connectivity index (χ3v) is 4.17. The van der Waals surface area contributed by atoms with Crippen LogP contribution >= 0.6 is 0 Å². The van der Waals surface area contributed by atoms with Gasteiger partial charge in [0, 0.05) is 13.1 Å². The molecule has 9 heteroatoms. The fourth-order valence-corrected chi connectivity index (χ4v) is 3.25. The van der Waals surface area contributed by atoms with Gasteiger partial charge in [-0.25, -0.2) is 13.1 Å². The molecule has 0 bridgehead atoms. The lowest BCUT2D eigenvalue weighted by Crippen LogP contribution is -2.49. The summed E-state index contributed by atoms with van der Waals surface area (Å²) in [7, 11) is -3.41. The standard InChI is InChI=1S/C12H20N4O4S/c1-8(15-21(3,18)19)12(17)16-6-4-5-10(7-16)11-13-9(2)14-20-11/h8,10,15H,4-7H2,1-3H3. The van der Waals surface area contributed by atoms with E-state index in [4.69, 9.17) is 4.52 Å². The maximum atomic E-state index is 12.3. The lowest BCUT2D eigenvalue weighted by molar-refractivity contribution is -0.133. The van der Waals surface area contributed by atoms with Gasteiger partial charge in [0.1, 0.15) is 0 Å². The van der Waals surface area contributed by atoms with Crippen LogP contribution in [-0.4, -0.2) is 54.8 Å². The van der Waals surface area contributed by atoms with E-state index in [0.717, 1.165) is 19.1 Å². The van der Waals surface area contributed by atoms with Gasteiger partial charge < -0.3 is 9.42 Å². The first-order valence-corrected chi connectivity index (χ1v) is 8.71. The summed E-state index contributed by atoms with van der Waals surface area (Å²) in [4.78, 5) is 18.1. The minimum atomic E-state index is -3.41. The number of carbonyl (C=O) groups excluding carboxylic acids is 1. The molecular weight excluding hydrogens is 296 g/mol. The van der Waals surface area contributed by atoms with Gasteiger partial charge in [0.15, 0.2) is 5.82 Å². The molecule has 1 aliphatic rings. The van der Waals surface area contributed by atoms with E-state index in [2.05, 4.69) is 14.9 Å². The number of carbonyl (C=O) groups is 1. The third kappa shape index (κ3) is 4.24. The largest absolute Gasteiger partial charge is 0.341 e. The summed E-state index contributed by atoms with van der Waals surface area (Å²) in [6.07, 6.45) is 2.74. The number of nitrogens with zero attached hydrogens (tertiary/aromatic N) is 3. The number of sulfonamides is 1. The lowest BCUT2D eigenvalue weighted by Gasteiger charge is -2.32. The molecular formula is C12H20N4O4S. The summed E-state index contributed by atoms with van der Waals surface area (Å²) in [6, 6.07) is -0.775. The van der Waals surface area contributed by atoms with E-state index >= 15 is 0 Å². The van der Waals surface area contributed by atoms with Gasteiger partial charge in [-0.1, -0.05) is 5.16 Å². The molecule has 1 N–H and O–H groups in total. The SMILES string of the molecule is Cc1noc(C2CCCN(C(=O)C(C)NS(C)(=O)=O)C2)n1. The van der Waals surface area contributed by atoms with Crippen LogP contribution in [-0.2, 0) is 14.8 Å². The molecule has 1 aromatic heterocycles. The Morgan fingerprint density at radius 1 is 1.52 bits per heavy atom. The van der Waals surface area contributed by atoms with Crippen LogP contribution in [0, 0.1) is 6.92 Å². The monoisotopic (exact) mass is 316 g/mol. The highest BCUT2D eigenvalue weighted by Crippen LogP contribution is 2.25. The number of hydrogen-bond donors (Lipinski definition) is 1. The van der Waals surface area contributed by atoms with Crippen molar-refractivity contribution in [3.05, 3.63) is 11.7 Å². The molecule has 1 aliphatic heterocycles. The van der Waals surface area contributed by atoms with Crippen molar-refractivity contribution in [1.82, 2.24) is 19.8 Å². The zero-order chi connectivity index (χ0) is 15.6. The van der Waals surface area contributed by atoms with Crippen molar-refractivity contribution in [2.45, 2.75) is 38.6 Å². The molecule has 0 aliphatic carbocycles. The van der Waals surface area contributed by atoms with Gasteiger partial charge in [-0.05, 0) is 26.7 Å². The van der Waals surface area contributed by atoms with Crippen LogP contribution in [0.1, 0.15) is 37.4 Å². The number of piperidine rings is 1. The van der Waals surface area contributed by atoms with Crippen LogP contribution in [0.4, 0.5) is 0 Å². The second-order valence-corrected chi connectivity index (χ2v) is 7.19. The third-order valence-electron chi connectivity index (χ3n) is 3.39. The van der Waals surface area contributed by atoms with Gasteiger partial charge in [-0.15, -0.1) is 0 Å². The number of amides is 1. The number of likely N-dealkylation sites (tertiary alicyclic amines) is 1. The molecule has 8 nitrogen and oxygen atoms in total. The van der Waals surface area contributed by atoms with Gasteiger partial charge in [-0.2, -0.15) is 4.98 Å². The average molecular weight is 316 g/mol. The van der Waals surface area contributed by atoms with Gasteiger partial charge >= 0.3 is 0 Å². The fourth-order valence-electron chi connectivity index (χ4n) is 2.50. The maximum Gasteiger partial charge on any atom is 0.240 e. The topological polar surface area (TPSA) is 105 Å². The quantitative estimate of drug-likeness (QED) is 0.839. The zero-order valence-electron chi connectivity index (χ0n) is 12.4. The zero-order valence-corrected chi connectivity index (χ0v) is 13.2. The van der Waals surface area contributed by atoms with Gasteiger partial charge in [-0.3, -0.25) is 4.79 Å². The summed E-state index contributed by atoms with van der Waals surface area (Å²) in [5.41, 5.74) is 0. The Morgan fingerprint density at radius 2 is 2.24 bits per heavy atom. The smallest absolute Gasteiger partial charge is 0.240 e. The van der Waals surface area contributed by atoms with E-state index in [0.29, 0.717) is 24.8 Å². The van der Waals surface area contributed by atoms with Crippen LogP contribution in [0.25, 0.3) is 0 Å². The van der Waals surface area contributed by atoms with Crippen LogP contribution < -0.4 is 4.72 Å². The van der Waals surface area contributed by atoms with Crippen molar-refractivity contribution in [2.75, 3.05) is 19.3 Å². The molecule has 2 atom stereocenters. The van der Waals surface area contributed by atoms with Crippen molar-refractivity contribution >= 4 is 15.9 Å². The Morgan fingerprint density at radius 3 is 2.81 bits per heavy atom. The van der Waals surface area contributed by atoms with Crippen molar-refractivity contribution in [2.24, 2.45) is 0 Å². The highest BCUT2D eigenvalue weighted by atomic mass is 32.2. The normalized spacial score (nSPS) is 21.3. The molecule has 2 rings (SSSR count).